The van der Waals surface area contributed by atoms with Gasteiger partial charge in [-0.3, -0.25) is 4.79 Å². The first-order valence-corrected chi connectivity index (χ1v) is 10.3. The third kappa shape index (κ3) is 4.85. The predicted octanol–water partition coefficient (Wildman–Crippen LogP) is 2.75. The fraction of sp³-hybridized carbons (Fsp3) is 0.200. The number of aryl methyl sites for hydroxylation is 1. The van der Waals surface area contributed by atoms with Crippen LogP contribution >= 0.6 is 0 Å². The average molecular weight is 399 g/mol. The SMILES string of the molecule is Cc1ccc(S(=O)(=O)NCCCNC(=O)c2cnoc2-c2ccccc2)cc1. The van der Waals surface area contributed by atoms with Gasteiger partial charge in [0.15, 0.2) is 5.76 Å². The van der Waals surface area contributed by atoms with Gasteiger partial charge in [0.2, 0.25) is 10.0 Å². The standard InChI is InChI=1S/C20H21N3O4S/c1-15-8-10-17(11-9-15)28(25,26)23-13-5-12-21-20(24)18-14-22-27-19(18)16-6-3-2-4-7-16/h2-4,6-11,14,23H,5,12-13H2,1H3,(H,21,24). The van der Waals surface area contributed by atoms with Gasteiger partial charge >= 0.3 is 0 Å². The molecule has 3 rings (SSSR count). The minimum absolute atomic E-state index is 0.214. The monoisotopic (exact) mass is 399 g/mol. The molecular weight excluding hydrogens is 378 g/mol. The molecule has 2 aromatic carbocycles. The number of benzene rings is 2. The van der Waals surface area contributed by atoms with Crippen molar-refractivity contribution in [3.05, 3.63) is 71.9 Å². The number of carbonyl (C=O) groups excluding carboxylic acids is 1. The minimum atomic E-state index is -3.55. The third-order valence-electron chi connectivity index (χ3n) is 4.11. The Morgan fingerprint density at radius 2 is 1.75 bits per heavy atom. The molecule has 0 aliphatic heterocycles. The maximum Gasteiger partial charge on any atom is 0.256 e. The maximum atomic E-state index is 12.4. The quantitative estimate of drug-likeness (QED) is 0.567. The summed E-state index contributed by atoms with van der Waals surface area (Å²) in [6, 6.07) is 15.9. The molecule has 0 spiro atoms. The highest BCUT2D eigenvalue weighted by atomic mass is 32.2. The highest BCUT2D eigenvalue weighted by Gasteiger charge is 2.17. The second kappa shape index (κ2) is 8.81. The summed E-state index contributed by atoms with van der Waals surface area (Å²) in [5, 5.41) is 6.46. The fourth-order valence-electron chi connectivity index (χ4n) is 2.59. The van der Waals surface area contributed by atoms with Gasteiger partial charge in [0.25, 0.3) is 5.91 Å². The van der Waals surface area contributed by atoms with E-state index in [1.165, 1.54) is 6.20 Å². The van der Waals surface area contributed by atoms with Crippen LogP contribution in [0.4, 0.5) is 0 Å². The number of aromatic nitrogens is 1. The summed E-state index contributed by atoms with van der Waals surface area (Å²) in [7, 11) is -3.55. The van der Waals surface area contributed by atoms with E-state index in [2.05, 4.69) is 15.2 Å². The zero-order chi connectivity index (χ0) is 20.0. The van der Waals surface area contributed by atoms with E-state index in [4.69, 9.17) is 4.52 Å². The molecular formula is C20H21N3O4S. The summed E-state index contributed by atoms with van der Waals surface area (Å²) < 4.78 is 32.1. The van der Waals surface area contributed by atoms with Crippen LogP contribution in [-0.2, 0) is 10.0 Å². The average Bonchev–Trinajstić information content (AvgIpc) is 3.18. The Balaban J connectivity index is 1.49. The zero-order valence-corrected chi connectivity index (χ0v) is 16.2. The van der Waals surface area contributed by atoms with E-state index < -0.39 is 10.0 Å². The van der Waals surface area contributed by atoms with Crippen LogP contribution in [0.25, 0.3) is 11.3 Å². The Labute approximate surface area is 163 Å². The van der Waals surface area contributed by atoms with Gasteiger partial charge in [0.05, 0.1) is 11.1 Å². The summed E-state index contributed by atoms with van der Waals surface area (Å²) in [5.41, 5.74) is 2.09. The third-order valence-corrected chi connectivity index (χ3v) is 5.59. The molecule has 0 radical (unpaired) electrons. The minimum Gasteiger partial charge on any atom is -0.355 e. The van der Waals surface area contributed by atoms with Crippen molar-refractivity contribution < 1.29 is 17.7 Å². The predicted molar refractivity (Wildman–Crippen MR) is 105 cm³/mol. The van der Waals surface area contributed by atoms with Crippen LogP contribution in [0.2, 0.25) is 0 Å². The smallest absolute Gasteiger partial charge is 0.256 e. The summed E-state index contributed by atoms with van der Waals surface area (Å²) in [6.45, 7) is 2.42. The van der Waals surface area contributed by atoms with Crippen molar-refractivity contribution in [2.45, 2.75) is 18.2 Å². The van der Waals surface area contributed by atoms with Crippen molar-refractivity contribution >= 4 is 15.9 Å². The summed E-state index contributed by atoms with van der Waals surface area (Å²) in [4.78, 5) is 12.6. The lowest BCUT2D eigenvalue weighted by molar-refractivity contribution is 0.0953. The summed E-state index contributed by atoms with van der Waals surface area (Å²) in [5.74, 6) is 0.0830. The number of nitrogens with one attached hydrogen (secondary N) is 2. The topological polar surface area (TPSA) is 101 Å². The van der Waals surface area contributed by atoms with Gasteiger partial charge in [-0.2, -0.15) is 0 Å². The molecule has 1 amide bonds. The first kappa shape index (κ1) is 19.8. The summed E-state index contributed by atoms with van der Waals surface area (Å²) >= 11 is 0. The van der Waals surface area contributed by atoms with Crippen LogP contribution < -0.4 is 10.0 Å². The molecule has 28 heavy (non-hydrogen) atoms. The highest BCUT2D eigenvalue weighted by molar-refractivity contribution is 7.89. The van der Waals surface area contributed by atoms with Crippen LogP contribution in [-0.4, -0.2) is 32.6 Å². The Morgan fingerprint density at radius 1 is 1.04 bits per heavy atom. The van der Waals surface area contributed by atoms with Crippen molar-refractivity contribution in [1.82, 2.24) is 15.2 Å². The maximum absolute atomic E-state index is 12.4. The number of hydrogen-bond acceptors (Lipinski definition) is 5. The molecule has 0 saturated carbocycles. The number of carbonyl (C=O) groups is 1. The normalized spacial score (nSPS) is 11.3. The number of hydrogen-bond donors (Lipinski definition) is 2. The Hall–Kier alpha value is -2.97. The molecule has 0 bridgehead atoms. The van der Waals surface area contributed by atoms with Gasteiger partial charge in [-0.25, -0.2) is 13.1 Å². The lowest BCUT2D eigenvalue weighted by Gasteiger charge is -2.08. The van der Waals surface area contributed by atoms with E-state index in [9.17, 15) is 13.2 Å². The van der Waals surface area contributed by atoms with Gasteiger partial charge in [0.1, 0.15) is 5.56 Å². The summed E-state index contributed by atoms with van der Waals surface area (Å²) in [6.07, 6.45) is 1.82. The first-order valence-electron chi connectivity index (χ1n) is 8.82. The van der Waals surface area contributed by atoms with Crippen LogP contribution in [0, 0.1) is 6.92 Å². The molecule has 1 aromatic heterocycles. The molecule has 7 nitrogen and oxygen atoms in total. The van der Waals surface area contributed by atoms with E-state index in [1.54, 1.807) is 24.3 Å². The van der Waals surface area contributed by atoms with Crippen LogP contribution in [0.3, 0.4) is 0 Å². The van der Waals surface area contributed by atoms with Gasteiger partial charge in [-0.15, -0.1) is 0 Å². The van der Waals surface area contributed by atoms with Gasteiger partial charge < -0.3 is 9.84 Å². The van der Waals surface area contributed by atoms with E-state index >= 15 is 0 Å². The van der Waals surface area contributed by atoms with Crippen molar-refractivity contribution in [2.24, 2.45) is 0 Å². The van der Waals surface area contributed by atoms with E-state index in [0.29, 0.717) is 24.3 Å². The lowest BCUT2D eigenvalue weighted by Crippen LogP contribution is -2.30. The Morgan fingerprint density at radius 3 is 2.46 bits per heavy atom. The molecule has 2 N–H and O–H groups in total. The second-order valence-corrected chi connectivity index (χ2v) is 8.02. The number of amides is 1. The van der Waals surface area contributed by atoms with E-state index in [0.717, 1.165) is 11.1 Å². The zero-order valence-electron chi connectivity index (χ0n) is 15.4. The van der Waals surface area contributed by atoms with Crippen LogP contribution in [0.1, 0.15) is 22.3 Å². The number of rotatable bonds is 8. The molecule has 0 unspecified atom stereocenters. The lowest BCUT2D eigenvalue weighted by atomic mass is 10.1. The molecule has 0 aliphatic rings. The Bertz CT molecular complexity index is 1030. The fourth-order valence-corrected chi connectivity index (χ4v) is 3.67. The second-order valence-electron chi connectivity index (χ2n) is 6.25. The van der Waals surface area contributed by atoms with Crippen molar-refractivity contribution in [2.75, 3.05) is 13.1 Å². The molecule has 1 heterocycles. The number of nitrogens with zero attached hydrogens (tertiary/aromatic N) is 1. The first-order chi connectivity index (χ1) is 13.5. The highest BCUT2D eigenvalue weighted by Crippen LogP contribution is 2.22. The van der Waals surface area contributed by atoms with E-state index in [-0.39, 0.29) is 17.3 Å². The largest absolute Gasteiger partial charge is 0.355 e. The van der Waals surface area contributed by atoms with E-state index in [1.807, 2.05) is 37.3 Å². The molecule has 0 saturated heterocycles. The molecule has 0 fully saturated rings. The Kier molecular flexibility index (Phi) is 6.23. The molecule has 0 atom stereocenters. The molecule has 3 aromatic rings. The van der Waals surface area contributed by atoms with Gasteiger partial charge in [0, 0.05) is 18.7 Å². The van der Waals surface area contributed by atoms with Crippen molar-refractivity contribution in [1.29, 1.82) is 0 Å². The van der Waals surface area contributed by atoms with Crippen LogP contribution in [0.15, 0.2) is 70.2 Å². The van der Waals surface area contributed by atoms with Crippen LogP contribution in [0.5, 0.6) is 0 Å². The van der Waals surface area contributed by atoms with Crippen molar-refractivity contribution in [3.63, 3.8) is 0 Å². The molecule has 0 aliphatic carbocycles. The molecule has 146 valence electrons. The van der Waals surface area contributed by atoms with Crippen molar-refractivity contribution in [3.8, 4) is 11.3 Å². The van der Waals surface area contributed by atoms with Gasteiger partial charge in [-0.1, -0.05) is 53.2 Å². The van der Waals surface area contributed by atoms with Gasteiger partial charge in [-0.05, 0) is 25.5 Å². The molecule has 8 heteroatoms. The number of sulfonamides is 1.